The van der Waals surface area contributed by atoms with Gasteiger partial charge in [0.15, 0.2) is 0 Å². The fraction of sp³-hybridized carbons (Fsp3) is 0.417. The summed E-state index contributed by atoms with van der Waals surface area (Å²) in [6, 6.07) is 7.09. The van der Waals surface area contributed by atoms with Crippen LogP contribution < -0.4 is 19.7 Å². The Morgan fingerprint density at radius 1 is 1.03 bits per heavy atom. The van der Waals surface area contributed by atoms with Crippen molar-refractivity contribution in [2.45, 2.75) is 44.2 Å². The highest BCUT2D eigenvalue weighted by Gasteiger charge is 2.36. The molecule has 0 heterocycles. The molecule has 3 N–H and O–H groups in total. The molecule has 0 radical (unpaired) electrons. The molecular formula is C24H28Cl2F2N4O4S. The Labute approximate surface area is 224 Å². The molecule has 0 bridgehead atoms. The Hall–Kier alpha value is -2.31. The summed E-state index contributed by atoms with van der Waals surface area (Å²) in [4.78, 5) is 28.0. The van der Waals surface area contributed by atoms with Crippen LogP contribution in [0.4, 0.5) is 14.5 Å². The van der Waals surface area contributed by atoms with Crippen molar-refractivity contribution in [3.8, 4) is 0 Å². The predicted octanol–water partition coefficient (Wildman–Crippen LogP) is 3.80. The van der Waals surface area contributed by atoms with E-state index in [1.54, 1.807) is 12.1 Å². The number of hydrogen-bond acceptors (Lipinski definition) is 4. The van der Waals surface area contributed by atoms with Gasteiger partial charge in [-0.25, -0.2) is 13.5 Å². The second-order valence-electron chi connectivity index (χ2n) is 8.57. The van der Waals surface area contributed by atoms with E-state index in [1.807, 2.05) is 0 Å². The summed E-state index contributed by atoms with van der Waals surface area (Å²) in [6.45, 7) is -0.899. The molecule has 2 aromatic carbocycles. The molecule has 202 valence electrons. The van der Waals surface area contributed by atoms with Crippen LogP contribution in [0.15, 0.2) is 42.5 Å². The Morgan fingerprint density at radius 3 is 2.30 bits per heavy atom. The molecule has 13 heteroatoms. The minimum Gasteiger partial charge on any atom is -0.351 e. The van der Waals surface area contributed by atoms with Crippen molar-refractivity contribution in [1.82, 2.24) is 14.8 Å². The molecule has 1 unspecified atom stereocenters. The first-order chi connectivity index (χ1) is 17.6. The summed E-state index contributed by atoms with van der Waals surface area (Å²) in [5.74, 6) is -3.52. The number of hydrogen-bond donors (Lipinski definition) is 3. The Morgan fingerprint density at radius 2 is 1.68 bits per heavy atom. The zero-order chi connectivity index (χ0) is 27.0. The number of alkyl halides is 1. The van der Waals surface area contributed by atoms with E-state index in [4.69, 9.17) is 23.2 Å². The Balaban J connectivity index is 2.04. The molecule has 0 aliphatic heterocycles. The quantitative estimate of drug-likeness (QED) is 0.353. The first-order valence-electron chi connectivity index (χ1n) is 11.7. The predicted molar refractivity (Wildman–Crippen MR) is 139 cm³/mol. The van der Waals surface area contributed by atoms with E-state index < -0.39 is 46.2 Å². The summed E-state index contributed by atoms with van der Waals surface area (Å²) in [7, 11) is -4.12. The molecule has 2 aromatic rings. The highest BCUT2D eigenvalue weighted by atomic mass is 35.5. The second-order valence-corrected chi connectivity index (χ2v) is 10.9. The minimum absolute atomic E-state index is 0.000527. The van der Waals surface area contributed by atoms with Crippen LogP contribution in [-0.2, 0) is 19.8 Å². The van der Waals surface area contributed by atoms with Crippen molar-refractivity contribution < 1.29 is 26.8 Å². The van der Waals surface area contributed by atoms with E-state index in [0.717, 1.165) is 49.1 Å². The van der Waals surface area contributed by atoms with Crippen LogP contribution in [-0.4, -0.2) is 45.2 Å². The van der Waals surface area contributed by atoms with E-state index in [1.165, 1.54) is 12.1 Å². The van der Waals surface area contributed by atoms with Crippen molar-refractivity contribution in [1.29, 1.82) is 0 Å². The summed E-state index contributed by atoms with van der Waals surface area (Å²) in [5, 5.41) is 3.08. The molecule has 1 fully saturated rings. The molecule has 1 aliphatic rings. The molecule has 37 heavy (non-hydrogen) atoms. The Kier molecular flexibility index (Phi) is 10.7. The number of anilines is 1. The smallest absolute Gasteiger partial charge is 0.277 e. The molecule has 0 saturated heterocycles. The maximum atomic E-state index is 14.2. The molecule has 1 aliphatic carbocycles. The molecule has 3 rings (SSSR count). The van der Waals surface area contributed by atoms with Gasteiger partial charge in [0.2, 0.25) is 11.8 Å². The number of carbonyl (C=O) groups excluding carboxylic acids is 2. The van der Waals surface area contributed by atoms with Crippen molar-refractivity contribution in [3.05, 3.63) is 64.7 Å². The summed E-state index contributed by atoms with van der Waals surface area (Å²) in [5.41, 5.74) is -0.0715. The fourth-order valence-corrected chi connectivity index (χ4v) is 5.43. The Bertz CT molecular complexity index is 1190. The summed E-state index contributed by atoms with van der Waals surface area (Å²) >= 11 is 11.9. The van der Waals surface area contributed by atoms with Crippen LogP contribution in [0.2, 0.25) is 5.02 Å². The molecular weight excluding hydrogens is 549 g/mol. The third kappa shape index (κ3) is 8.34. The lowest BCUT2D eigenvalue weighted by molar-refractivity contribution is -0.127. The zero-order valence-electron chi connectivity index (χ0n) is 19.9. The van der Waals surface area contributed by atoms with E-state index in [2.05, 4.69) is 14.8 Å². The van der Waals surface area contributed by atoms with Gasteiger partial charge in [-0.3, -0.25) is 14.5 Å². The maximum Gasteiger partial charge on any atom is 0.277 e. The number of carbonyl (C=O) groups is 2. The summed E-state index contributed by atoms with van der Waals surface area (Å²) < 4.78 is 57.1. The van der Waals surface area contributed by atoms with Gasteiger partial charge in [0, 0.05) is 35.1 Å². The van der Waals surface area contributed by atoms with Crippen molar-refractivity contribution >= 4 is 50.9 Å². The SMILES string of the molecule is O=C(NC1CCCCC1)C(c1ccccc1Cl)N(C(=O)CNS(=O)(=O)NCCCl)c1cc(F)cc(F)c1. The molecule has 8 nitrogen and oxygen atoms in total. The highest BCUT2D eigenvalue weighted by molar-refractivity contribution is 7.87. The first-order valence-corrected chi connectivity index (χ1v) is 14.1. The largest absolute Gasteiger partial charge is 0.351 e. The van der Waals surface area contributed by atoms with Crippen LogP contribution in [0.25, 0.3) is 0 Å². The van der Waals surface area contributed by atoms with Gasteiger partial charge in [0.25, 0.3) is 10.2 Å². The monoisotopic (exact) mass is 576 g/mol. The highest BCUT2D eigenvalue weighted by Crippen LogP contribution is 2.33. The molecule has 2 amide bonds. The standard InChI is InChI=1S/C24H28Cl2F2N4O4S/c25-10-11-29-37(35,36)30-15-22(33)32(19-13-16(27)12-17(28)14-19)23(20-8-4-5-9-21(20)26)24(34)31-18-6-2-1-3-7-18/h4-5,8-9,12-14,18,23,29-30H,1-3,6-7,10-11,15H2,(H,31,34). The van der Waals surface area contributed by atoms with Crippen LogP contribution in [0.3, 0.4) is 0 Å². The third-order valence-electron chi connectivity index (χ3n) is 5.85. The van der Waals surface area contributed by atoms with Crippen LogP contribution >= 0.6 is 23.2 Å². The van der Waals surface area contributed by atoms with E-state index >= 15 is 0 Å². The number of rotatable bonds is 11. The zero-order valence-corrected chi connectivity index (χ0v) is 22.2. The van der Waals surface area contributed by atoms with Gasteiger partial charge < -0.3 is 5.32 Å². The topological polar surface area (TPSA) is 108 Å². The molecule has 1 atom stereocenters. The van der Waals surface area contributed by atoms with Crippen LogP contribution in [0.1, 0.15) is 43.7 Å². The first kappa shape index (κ1) is 29.2. The van der Waals surface area contributed by atoms with Crippen molar-refractivity contribution in [2.24, 2.45) is 0 Å². The lowest BCUT2D eigenvalue weighted by Gasteiger charge is -2.34. The molecule has 0 spiro atoms. The van der Waals surface area contributed by atoms with E-state index in [0.29, 0.717) is 6.07 Å². The normalized spacial score (nSPS) is 15.2. The number of halogens is 4. The van der Waals surface area contributed by atoms with Gasteiger partial charge >= 0.3 is 0 Å². The van der Waals surface area contributed by atoms with Gasteiger partial charge in [-0.2, -0.15) is 13.1 Å². The van der Waals surface area contributed by atoms with Crippen LogP contribution in [0, 0.1) is 11.6 Å². The second kappa shape index (κ2) is 13.5. The van der Waals surface area contributed by atoms with Gasteiger partial charge in [-0.05, 0) is 31.0 Å². The fourth-order valence-electron chi connectivity index (χ4n) is 4.20. The van der Waals surface area contributed by atoms with Gasteiger partial charge in [-0.15, -0.1) is 11.6 Å². The van der Waals surface area contributed by atoms with Crippen molar-refractivity contribution in [3.63, 3.8) is 0 Å². The lowest BCUT2D eigenvalue weighted by Crippen LogP contribution is -2.50. The van der Waals surface area contributed by atoms with Gasteiger partial charge in [0.1, 0.15) is 17.7 Å². The number of nitrogens with one attached hydrogen (secondary N) is 3. The number of benzene rings is 2. The van der Waals surface area contributed by atoms with E-state index in [-0.39, 0.29) is 34.7 Å². The van der Waals surface area contributed by atoms with Gasteiger partial charge in [0.05, 0.1) is 12.2 Å². The molecule has 0 aromatic heterocycles. The molecule has 1 saturated carbocycles. The van der Waals surface area contributed by atoms with Crippen molar-refractivity contribution in [2.75, 3.05) is 23.9 Å². The number of amides is 2. The lowest BCUT2D eigenvalue weighted by atomic mass is 9.94. The average molecular weight is 577 g/mol. The number of nitrogens with zero attached hydrogens (tertiary/aromatic N) is 1. The maximum absolute atomic E-state index is 14.2. The average Bonchev–Trinajstić information content (AvgIpc) is 2.85. The third-order valence-corrected chi connectivity index (χ3v) is 7.49. The van der Waals surface area contributed by atoms with E-state index in [9.17, 15) is 26.8 Å². The van der Waals surface area contributed by atoms with Crippen LogP contribution in [0.5, 0.6) is 0 Å². The van der Waals surface area contributed by atoms with Gasteiger partial charge in [-0.1, -0.05) is 49.1 Å². The summed E-state index contributed by atoms with van der Waals surface area (Å²) in [6.07, 6.45) is 4.39. The minimum atomic E-state index is -4.12.